The molecule has 2 unspecified atom stereocenters. The Morgan fingerprint density at radius 3 is 1.64 bits per heavy atom. The summed E-state index contributed by atoms with van der Waals surface area (Å²) < 4.78 is 0.902. The maximum absolute atomic E-state index is 5.96. The Bertz CT molecular complexity index is 115. The Morgan fingerprint density at radius 1 is 1.18 bits per heavy atom. The Morgan fingerprint density at radius 2 is 1.55 bits per heavy atom. The van der Waals surface area contributed by atoms with Crippen molar-refractivity contribution in [3.63, 3.8) is 0 Å². The highest BCUT2D eigenvalue weighted by molar-refractivity contribution is 4.65. The summed E-state index contributed by atoms with van der Waals surface area (Å²) in [4.78, 5) is 2.05. The van der Waals surface area contributed by atoms with Gasteiger partial charge >= 0.3 is 0 Å². The minimum atomic E-state index is 0.134. The van der Waals surface area contributed by atoms with E-state index >= 15 is 0 Å². The molecule has 0 saturated heterocycles. The van der Waals surface area contributed by atoms with Gasteiger partial charge in [-0.3, -0.25) is 4.90 Å². The van der Waals surface area contributed by atoms with Gasteiger partial charge in [-0.25, -0.2) is 0 Å². The topological polar surface area (TPSA) is 29.3 Å². The predicted molar refractivity (Wildman–Crippen MR) is 49.2 cm³/mol. The molecule has 0 heterocycles. The lowest BCUT2D eigenvalue weighted by molar-refractivity contribution is -0.896. The van der Waals surface area contributed by atoms with Gasteiger partial charge in [-0.05, 0) is 21.0 Å². The van der Waals surface area contributed by atoms with E-state index in [0.717, 1.165) is 4.48 Å². The number of quaternary nitrogens is 1. The van der Waals surface area contributed by atoms with Crippen LogP contribution in [0.1, 0.15) is 6.92 Å². The molecule has 0 bridgehead atoms. The largest absolute Gasteiger partial charge is 0.326 e. The van der Waals surface area contributed by atoms with Crippen molar-refractivity contribution in [3.05, 3.63) is 0 Å². The summed E-state index contributed by atoms with van der Waals surface area (Å²) in [7, 11) is 10.5. The van der Waals surface area contributed by atoms with Crippen LogP contribution < -0.4 is 5.73 Å². The van der Waals surface area contributed by atoms with E-state index in [0.29, 0.717) is 6.04 Å². The fourth-order valence-electron chi connectivity index (χ4n) is 0.890. The molecule has 0 aromatic carbocycles. The quantitative estimate of drug-likeness (QED) is 0.462. The molecule has 68 valence electrons. The Balaban J connectivity index is 4.13. The third-order valence-electron chi connectivity index (χ3n) is 2.31. The maximum atomic E-state index is 5.96. The standard InChI is InChI=1S/C8H22N3/c1-7(11(4,5)6)8(9)10(2)3/h7-8H,9H2,1-6H3/q+1. The van der Waals surface area contributed by atoms with Crippen LogP contribution in [0.2, 0.25) is 0 Å². The van der Waals surface area contributed by atoms with Crippen molar-refractivity contribution in [2.45, 2.75) is 19.1 Å². The zero-order valence-electron chi connectivity index (χ0n) is 8.63. The number of nitrogens with two attached hydrogens (primary N) is 1. The normalized spacial score (nSPS) is 18.5. The first-order valence-electron chi connectivity index (χ1n) is 4.00. The highest BCUT2D eigenvalue weighted by Crippen LogP contribution is 2.06. The number of hydrogen-bond acceptors (Lipinski definition) is 2. The van der Waals surface area contributed by atoms with Gasteiger partial charge in [0.1, 0.15) is 12.2 Å². The molecule has 2 N–H and O–H groups in total. The van der Waals surface area contributed by atoms with Crippen molar-refractivity contribution in [3.8, 4) is 0 Å². The van der Waals surface area contributed by atoms with Crippen molar-refractivity contribution in [2.24, 2.45) is 5.73 Å². The third kappa shape index (κ3) is 3.18. The first kappa shape index (κ1) is 10.9. The average Bonchev–Trinajstić information content (AvgIpc) is 1.82. The lowest BCUT2D eigenvalue weighted by Gasteiger charge is -2.37. The lowest BCUT2D eigenvalue weighted by Crippen LogP contribution is -2.58. The molecule has 2 atom stereocenters. The fourth-order valence-corrected chi connectivity index (χ4v) is 0.890. The molecule has 0 spiro atoms. The highest BCUT2D eigenvalue weighted by Gasteiger charge is 2.26. The molecule has 0 aliphatic rings. The summed E-state index contributed by atoms with van der Waals surface area (Å²) in [6.45, 7) is 2.17. The molecule has 0 aliphatic heterocycles. The van der Waals surface area contributed by atoms with E-state index < -0.39 is 0 Å². The van der Waals surface area contributed by atoms with E-state index in [-0.39, 0.29) is 6.17 Å². The Kier molecular flexibility index (Phi) is 3.48. The average molecular weight is 160 g/mol. The monoisotopic (exact) mass is 160 g/mol. The first-order chi connectivity index (χ1) is 4.76. The van der Waals surface area contributed by atoms with Crippen molar-refractivity contribution in [1.82, 2.24) is 4.90 Å². The van der Waals surface area contributed by atoms with Gasteiger partial charge in [0.25, 0.3) is 0 Å². The molecular formula is C8H22N3+. The van der Waals surface area contributed by atoms with Gasteiger partial charge in [0.2, 0.25) is 0 Å². The van der Waals surface area contributed by atoms with Crippen molar-refractivity contribution >= 4 is 0 Å². The molecule has 11 heavy (non-hydrogen) atoms. The van der Waals surface area contributed by atoms with Crippen LogP contribution in [0.25, 0.3) is 0 Å². The van der Waals surface area contributed by atoms with E-state index in [9.17, 15) is 0 Å². The van der Waals surface area contributed by atoms with E-state index in [1.165, 1.54) is 0 Å². The number of likely N-dealkylation sites (N-methyl/N-ethyl adjacent to an activating group) is 2. The molecule has 0 aromatic rings. The first-order valence-corrected chi connectivity index (χ1v) is 4.00. The van der Waals surface area contributed by atoms with Gasteiger partial charge in [0.05, 0.1) is 21.1 Å². The van der Waals surface area contributed by atoms with Crippen molar-refractivity contribution in [2.75, 3.05) is 35.2 Å². The molecule has 0 amide bonds. The summed E-state index contributed by atoms with van der Waals surface area (Å²) in [5.41, 5.74) is 5.96. The van der Waals surface area contributed by atoms with Crippen LogP contribution in [0.5, 0.6) is 0 Å². The molecule has 0 aliphatic carbocycles. The van der Waals surface area contributed by atoms with Crippen LogP contribution in [0.15, 0.2) is 0 Å². The molecule has 0 rings (SSSR count). The Labute approximate surface area is 70.4 Å². The molecule has 0 aromatic heterocycles. The molecule has 3 nitrogen and oxygen atoms in total. The second-order valence-corrected chi connectivity index (χ2v) is 4.31. The van der Waals surface area contributed by atoms with Crippen LogP contribution in [0, 0.1) is 0 Å². The summed E-state index contributed by atoms with van der Waals surface area (Å²) >= 11 is 0. The van der Waals surface area contributed by atoms with Gasteiger partial charge in [-0.2, -0.15) is 0 Å². The number of hydrogen-bond donors (Lipinski definition) is 1. The van der Waals surface area contributed by atoms with E-state index in [2.05, 4.69) is 28.1 Å². The van der Waals surface area contributed by atoms with Crippen LogP contribution in [-0.2, 0) is 0 Å². The van der Waals surface area contributed by atoms with Crippen LogP contribution in [-0.4, -0.2) is 56.8 Å². The van der Waals surface area contributed by atoms with Gasteiger partial charge in [0, 0.05) is 0 Å². The van der Waals surface area contributed by atoms with Gasteiger partial charge in [-0.15, -0.1) is 0 Å². The lowest BCUT2D eigenvalue weighted by atomic mass is 10.2. The molecule has 0 saturated carbocycles. The van der Waals surface area contributed by atoms with Gasteiger partial charge in [0.15, 0.2) is 0 Å². The second kappa shape index (κ2) is 3.52. The van der Waals surface area contributed by atoms with Crippen molar-refractivity contribution < 1.29 is 4.48 Å². The number of rotatable bonds is 3. The molecular weight excluding hydrogens is 138 g/mol. The van der Waals surface area contributed by atoms with E-state index in [1.54, 1.807) is 0 Å². The zero-order chi connectivity index (χ0) is 9.23. The predicted octanol–water partition coefficient (Wildman–Crippen LogP) is -0.0725. The third-order valence-corrected chi connectivity index (χ3v) is 2.31. The van der Waals surface area contributed by atoms with E-state index in [4.69, 9.17) is 5.73 Å². The second-order valence-electron chi connectivity index (χ2n) is 4.31. The maximum Gasteiger partial charge on any atom is 0.114 e. The molecule has 0 radical (unpaired) electrons. The summed E-state index contributed by atoms with van der Waals surface area (Å²) in [6, 6.07) is 0.449. The van der Waals surface area contributed by atoms with Gasteiger partial charge in [-0.1, -0.05) is 0 Å². The molecule has 0 fully saturated rings. The minimum absolute atomic E-state index is 0.134. The fraction of sp³-hybridized carbons (Fsp3) is 1.00. The van der Waals surface area contributed by atoms with Crippen molar-refractivity contribution in [1.29, 1.82) is 0 Å². The smallest absolute Gasteiger partial charge is 0.114 e. The van der Waals surface area contributed by atoms with E-state index in [1.807, 2.05) is 19.0 Å². The summed E-state index contributed by atoms with van der Waals surface area (Å²) in [6.07, 6.45) is 0.134. The zero-order valence-corrected chi connectivity index (χ0v) is 8.63. The summed E-state index contributed by atoms with van der Waals surface area (Å²) in [5, 5.41) is 0. The van der Waals surface area contributed by atoms with Gasteiger partial charge < -0.3 is 10.2 Å². The highest BCUT2D eigenvalue weighted by atomic mass is 15.4. The van der Waals surface area contributed by atoms with Crippen LogP contribution in [0.3, 0.4) is 0 Å². The minimum Gasteiger partial charge on any atom is -0.326 e. The molecule has 3 heteroatoms. The summed E-state index contributed by atoms with van der Waals surface area (Å²) in [5.74, 6) is 0. The van der Waals surface area contributed by atoms with Crippen LogP contribution in [0.4, 0.5) is 0 Å². The Hall–Kier alpha value is -0.120. The SMILES string of the molecule is CC(C(N)N(C)C)[N+](C)(C)C. The number of nitrogens with zero attached hydrogens (tertiary/aromatic N) is 2. The van der Waals surface area contributed by atoms with Crippen LogP contribution >= 0.6 is 0 Å².